The Labute approximate surface area is 213 Å². The van der Waals surface area contributed by atoms with Crippen molar-refractivity contribution in [2.75, 3.05) is 20.3 Å². The Morgan fingerprint density at radius 1 is 0.944 bits per heavy atom. The molecule has 7 heteroatoms. The predicted molar refractivity (Wildman–Crippen MR) is 145 cm³/mol. The molecule has 3 aromatic carbocycles. The summed E-state index contributed by atoms with van der Waals surface area (Å²) in [5.74, 6) is 2.03. The van der Waals surface area contributed by atoms with Crippen LogP contribution in [0.3, 0.4) is 0 Å². The van der Waals surface area contributed by atoms with Gasteiger partial charge in [-0.3, -0.25) is 4.79 Å². The summed E-state index contributed by atoms with van der Waals surface area (Å²) in [6.45, 7) is 7.35. The quantitative estimate of drug-likeness (QED) is 0.287. The summed E-state index contributed by atoms with van der Waals surface area (Å²) >= 11 is 1.37. The molecule has 184 valence electrons. The Kier molecular flexibility index (Phi) is 6.41. The molecular formula is C29H28N2O4S. The molecule has 0 bridgehead atoms. The first-order valence-corrected chi connectivity index (χ1v) is 12.6. The van der Waals surface area contributed by atoms with Gasteiger partial charge in [0.25, 0.3) is 5.56 Å². The highest BCUT2D eigenvalue weighted by atomic mass is 32.1. The van der Waals surface area contributed by atoms with Crippen molar-refractivity contribution in [1.82, 2.24) is 9.38 Å². The first-order chi connectivity index (χ1) is 17.3. The van der Waals surface area contributed by atoms with Crippen LogP contribution in [0, 0.1) is 0 Å². The van der Waals surface area contributed by atoms with Gasteiger partial charge >= 0.3 is 0 Å². The first-order valence-electron chi connectivity index (χ1n) is 11.8. The van der Waals surface area contributed by atoms with E-state index in [4.69, 9.17) is 14.2 Å². The first kappa shape index (κ1) is 23.9. The van der Waals surface area contributed by atoms with Crippen LogP contribution in [-0.2, 0) is 5.41 Å². The lowest BCUT2D eigenvalue weighted by Crippen LogP contribution is -2.22. The van der Waals surface area contributed by atoms with E-state index in [1.54, 1.807) is 11.5 Å². The topological polar surface area (TPSA) is 62.1 Å². The molecule has 2 aromatic heterocycles. The summed E-state index contributed by atoms with van der Waals surface area (Å²) in [7, 11) is 1.60. The number of methoxy groups -OCH3 is 1. The summed E-state index contributed by atoms with van der Waals surface area (Å²) in [4.78, 5) is 18.3. The number of thiazole rings is 1. The van der Waals surface area contributed by atoms with Crippen LogP contribution in [0.4, 0.5) is 0 Å². The third-order valence-corrected chi connectivity index (χ3v) is 6.93. The van der Waals surface area contributed by atoms with Crippen molar-refractivity contribution < 1.29 is 14.2 Å². The van der Waals surface area contributed by atoms with Gasteiger partial charge in [0.05, 0.1) is 22.7 Å². The smallest absolute Gasteiger partial charge is 0.274 e. The van der Waals surface area contributed by atoms with Gasteiger partial charge in [0, 0.05) is 0 Å². The maximum Gasteiger partial charge on any atom is 0.274 e. The van der Waals surface area contributed by atoms with Crippen LogP contribution in [0.1, 0.15) is 31.9 Å². The fourth-order valence-corrected chi connectivity index (χ4v) is 5.01. The Bertz CT molecular complexity index is 1630. The molecule has 0 saturated heterocycles. The minimum atomic E-state index is -0.0734. The molecule has 5 aromatic rings. The van der Waals surface area contributed by atoms with Gasteiger partial charge in [0.15, 0.2) is 16.5 Å². The molecule has 0 unspecified atom stereocenters. The number of rotatable bonds is 7. The van der Waals surface area contributed by atoms with Crippen LogP contribution < -0.4 is 24.3 Å². The number of imidazole rings is 1. The van der Waals surface area contributed by atoms with E-state index in [9.17, 15) is 4.79 Å². The third kappa shape index (κ3) is 4.79. The lowest BCUT2D eigenvalue weighted by Gasteiger charge is -2.19. The minimum Gasteiger partial charge on any atom is -0.493 e. The van der Waals surface area contributed by atoms with Crippen molar-refractivity contribution in [2.45, 2.75) is 26.2 Å². The summed E-state index contributed by atoms with van der Waals surface area (Å²) in [6.07, 6.45) is 1.85. The van der Waals surface area contributed by atoms with Gasteiger partial charge in [0.1, 0.15) is 19.0 Å². The molecule has 5 rings (SSSR count). The van der Waals surface area contributed by atoms with Crippen LogP contribution in [0.2, 0.25) is 0 Å². The van der Waals surface area contributed by atoms with Crippen molar-refractivity contribution in [3.8, 4) is 17.2 Å². The lowest BCUT2D eigenvalue weighted by molar-refractivity contribution is 0.211. The van der Waals surface area contributed by atoms with Gasteiger partial charge in [-0.1, -0.05) is 62.4 Å². The Hall–Kier alpha value is -3.84. The molecule has 0 aliphatic rings. The number of hydrogen-bond acceptors (Lipinski definition) is 6. The number of fused-ring (bicyclic) bond motifs is 3. The number of ether oxygens (including phenoxy) is 3. The summed E-state index contributed by atoms with van der Waals surface area (Å²) < 4.78 is 19.5. The standard InChI is InChI=1S/C29H28N2O4S/c1-29(2,3)20-10-12-21(13-11-20)34-15-16-35-24-14-9-19(17-25(24)33-4)18-26-27(32)31-23-8-6-5-7-22(23)30-28(31)36-26/h5-14,17-18H,15-16H2,1-4H3. The molecule has 0 N–H and O–H groups in total. The normalized spacial score (nSPS) is 12.4. The molecule has 2 heterocycles. The van der Waals surface area contributed by atoms with Crippen molar-refractivity contribution in [2.24, 2.45) is 0 Å². The highest BCUT2D eigenvalue weighted by Gasteiger charge is 2.13. The zero-order chi connectivity index (χ0) is 25.3. The van der Waals surface area contributed by atoms with E-state index < -0.39 is 0 Å². The van der Waals surface area contributed by atoms with Crippen LogP contribution >= 0.6 is 11.3 Å². The zero-order valence-corrected chi connectivity index (χ0v) is 21.6. The second-order valence-electron chi connectivity index (χ2n) is 9.52. The van der Waals surface area contributed by atoms with Gasteiger partial charge in [-0.05, 0) is 59.0 Å². The molecule has 0 spiro atoms. The van der Waals surface area contributed by atoms with E-state index in [1.807, 2.05) is 60.7 Å². The number of nitrogens with zero attached hydrogens (tertiary/aromatic N) is 2. The molecule has 0 fully saturated rings. The number of aromatic nitrogens is 2. The summed E-state index contributed by atoms with van der Waals surface area (Å²) in [6, 6.07) is 21.4. The Balaban J connectivity index is 1.28. The molecule has 0 amide bonds. The van der Waals surface area contributed by atoms with Crippen LogP contribution in [0.5, 0.6) is 17.2 Å². The molecule has 0 aliphatic heterocycles. The van der Waals surface area contributed by atoms with Crippen molar-refractivity contribution in [1.29, 1.82) is 0 Å². The fraction of sp³-hybridized carbons (Fsp3) is 0.241. The van der Waals surface area contributed by atoms with E-state index >= 15 is 0 Å². The number of hydrogen-bond donors (Lipinski definition) is 0. The predicted octanol–water partition coefficient (Wildman–Crippen LogP) is 5.22. The van der Waals surface area contributed by atoms with Gasteiger partial charge in [-0.25, -0.2) is 9.38 Å². The van der Waals surface area contributed by atoms with Gasteiger partial charge in [-0.15, -0.1) is 0 Å². The lowest BCUT2D eigenvalue weighted by atomic mass is 9.87. The van der Waals surface area contributed by atoms with E-state index in [1.165, 1.54) is 16.9 Å². The van der Waals surface area contributed by atoms with Crippen LogP contribution in [0.25, 0.3) is 22.1 Å². The molecule has 0 aliphatic carbocycles. The molecule has 36 heavy (non-hydrogen) atoms. The van der Waals surface area contributed by atoms with Gasteiger partial charge in [0.2, 0.25) is 0 Å². The molecule has 0 radical (unpaired) electrons. The summed E-state index contributed by atoms with van der Waals surface area (Å²) in [5, 5.41) is 0. The van der Waals surface area contributed by atoms with E-state index in [0.717, 1.165) is 22.3 Å². The highest BCUT2D eigenvalue weighted by molar-refractivity contribution is 7.15. The largest absolute Gasteiger partial charge is 0.493 e. The van der Waals surface area contributed by atoms with Crippen molar-refractivity contribution in [3.63, 3.8) is 0 Å². The monoisotopic (exact) mass is 500 g/mol. The summed E-state index contributed by atoms with van der Waals surface area (Å²) in [5.41, 5.74) is 3.79. The van der Waals surface area contributed by atoms with Crippen LogP contribution in [-0.4, -0.2) is 29.7 Å². The van der Waals surface area contributed by atoms with Gasteiger partial charge < -0.3 is 14.2 Å². The molecule has 0 saturated carbocycles. The van der Waals surface area contributed by atoms with E-state index in [0.29, 0.717) is 34.2 Å². The maximum absolute atomic E-state index is 13.0. The van der Waals surface area contributed by atoms with E-state index in [-0.39, 0.29) is 11.0 Å². The molecule has 6 nitrogen and oxygen atoms in total. The van der Waals surface area contributed by atoms with E-state index in [2.05, 4.69) is 37.9 Å². The molecular weight excluding hydrogens is 472 g/mol. The van der Waals surface area contributed by atoms with Crippen molar-refractivity contribution in [3.05, 3.63) is 92.7 Å². The second kappa shape index (κ2) is 9.66. The average Bonchev–Trinajstić information content (AvgIpc) is 3.38. The Morgan fingerprint density at radius 3 is 2.44 bits per heavy atom. The second-order valence-corrected chi connectivity index (χ2v) is 10.5. The van der Waals surface area contributed by atoms with Crippen molar-refractivity contribution >= 4 is 33.4 Å². The average molecular weight is 501 g/mol. The minimum absolute atomic E-state index is 0.0734. The zero-order valence-electron chi connectivity index (χ0n) is 20.8. The third-order valence-electron chi connectivity index (χ3n) is 5.96. The van der Waals surface area contributed by atoms with Gasteiger partial charge in [-0.2, -0.15) is 0 Å². The Morgan fingerprint density at radius 2 is 1.69 bits per heavy atom. The maximum atomic E-state index is 13.0. The molecule has 0 atom stereocenters. The highest BCUT2D eigenvalue weighted by Crippen LogP contribution is 2.29. The van der Waals surface area contributed by atoms with Crippen LogP contribution in [0.15, 0.2) is 71.5 Å². The fourth-order valence-electron chi connectivity index (χ4n) is 4.02. The number of para-hydroxylation sites is 2. The number of benzene rings is 3. The SMILES string of the molecule is COc1cc(C=c2sc3nc4ccccc4n3c2=O)ccc1OCCOc1ccc(C(C)(C)C)cc1.